The summed E-state index contributed by atoms with van der Waals surface area (Å²) < 4.78 is 18.2. The third-order valence-corrected chi connectivity index (χ3v) is 4.14. The molecular weight excluding hydrogens is 241 g/mol. The quantitative estimate of drug-likeness (QED) is 0.769. The molecule has 0 aromatic heterocycles. The van der Waals surface area contributed by atoms with E-state index in [1.54, 1.807) is 6.07 Å². The van der Waals surface area contributed by atoms with Gasteiger partial charge in [-0.2, -0.15) is 5.26 Å². The first-order chi connectivity index (χ1) is 8.09. The number of ether oxygens (including phenoxy) is 1. The molecule has 1 aromatic rings. The van der Waals surface area contributed by atoms with Gasteiger partial charge in [0.1, 0.15) is 5.82 Å². The molecule has 1 spiro atoms. The monoisotopic (exact) mass is 251 g/mol. The molecule has 2 nitrogen and oxygen atoms in total. The Balaban J connectivity index is 1.94. The van der Waals surface area contributed by atoms with E-state index in [1.807, 2.05) is 0 Å². The molecule has 4 heteroatoms. The molecular formula is C13H11ClFNO. The highest BCUT2D eigenvalue weighted by Gasteiger charge is 2.60. The van der Waals surface area contributed by atoms with Crippen LogP contribution in [0.1, 0.15) is 18.4 Å². The van der Waals surface area contributed by atoms with Gasteiger partial charge in [0.05, 0.1) is 24.7 Å². The Morgan fingerprint density at radius 3 is 2.53 bits per heavy atom. The highest BCUT2D eigenvalue weighted by molar-refractivity contribution is 6.31. The molecule has 1 aromatic carbocycles. The van der Waals surface area contributed by atoms with Gasteiger partial charge in [-0.05, 0) is 30.5 Å². The van der Waals surface area contributed by atoms with Crippen LogP contribution in [0.4, 0.5) is 4.39 Å². The molecule has 88 valence electrons. The zero-order valence-electron chi connectivity index (χ0n) is 9.17. The van der Waals surface area contributed by atoms with E-state index < -0.39 is 5.41 Å². The standard InChI is InChI=1S/C13H11ClFNO/c14-11-3-9(15)1-2-10(11)13(6-16)4-12(5-13)7-17-8-12/h1-3H,4-5,7-8H2. The van der Waals surface area contributed by atoms with E-state index in [0.29, 0.717) is 5.02 Å². The predicted octanol–water partition coefficient (Wildman–Crippen LogP) is 3.05. The topological polar surface area (TPSA) is 33.0 Å². The van der Waals surface area contributed by atoms with Gasteiger partial charge in [0.2, 0.25) is 0 Å². The normalized spacial score (nSPS) is 23.6. The molecule has 1 aliphatic heterocycles. The Morgan fingerprint density at radius 1 is 1.35 bits per heavy atom. The summed E-state index contributed by atoms with van der Waals surface area (Å²) in [7, 11) is 0. The molecule has 0 atom stereocenters. The van der Waals surface area contributed by atoms with Gasteiger partial charge >= 0.3 is 0 Å². The average molecular weight is 252 g/mol. The maximum atomic E-state index is 13.0. The number of nitrogens with zero attached hydrogens (tertiary/aromatic N) is 1. The maximum absolute atomic E-state index is 13.0. The fourth-order valence-corrected chi connectivity index (χ4v) is 3.38. The van der Waals surface area contributed by atoms with Crippen LogP contribution in [0.3, 0.4) is 0 Å². The number of hydrogen-bond donors (Lipinski definition) is 0. The summed E-state index contributed by atoms with van der Waals surface area (Å²) in [6.07, 6.45) is 1.53. The van der Waals surface area contributed by atoms with Crippen molar-refractivity contribution in [3.05, 3.63) is 34.6 Å². The lowest BCUT2D eigenvalue weighted by molar-refractivity contribution is -0.178. The minimum absolute atomic E-state index is 0.174. The second-order valence-corrected chi connectivity index (χ2v) is 5.57. The third-order valence-electron chi connectivity index (χ3n) is 3.83. The summed E-state index contributed by atoms with van der Waals surface area (Å²) in [6.45, 7) is 1.46. The van der Waals surface area contributed by atoms with Gasteiger partial charge in [0, 0.05) is 10.4 Å². The molecule has 1 saturated heterocycles. The van der Waals surface area contributed by atoms with Crippen LogP contribution in [0, 0.1) is 22.6 Å². The lowest BCUT2D eigenvalue weighted by Gasteiger charge is -2.57. The fourth-order valence-electron chi connectivity index (χ4n) is 3.03. The largest absolute Gasteiger partial charge is 0.380 e. The zero-order valence-corrected chi connectivity index (χ0v) is 9.93. The lowest BCUT2D eigenvalue weighted by Crippen LogP contribution is -2.59. The Morgan fingerprint density at radius 2 is 2.06 bits per heavy atom. The number of rotatable bonds is 1. The van der Waals surface area contributed by atoms with Crippen molar-refractivity contribution in [2.75, 3.05) is 13.2 Å². The van der Waals surface area contributed by atoms with Crippen LogP contribution < -0.4 is 0 Å². The van der Waals surface area contributed by atoms with Gasteiger partial charge in [-0.3, -0.25) is 0 Å². The molecule has 17 heavy (non-hydrogen) atoms. The van der Waals surface area contributed by atoms with E-state index in [-0.39, 0.29) is 11.2 Å². The summed E-state index contributed by atoms with van der Waals surface area (Å²) in [5, 5.41) is 9.74. The first-order valence-electron chi connectivity index (χ1n) is 5.54. The van der Waals surface area contributed by atoms with Crippen LogP contribution in [0.5, 0.6) is 0 Å². The number of halogens is 2. The van der Waals surface area contributed by atoms with Crippen molar-refractivity contribution in [3.8, 4) is 6.07 Å². The van der Waals surface area contributed by atoms with E-state index >= 15 is 0 Å². The first kappa shape index (κ1) is 11.0. The highest BCUT2D eigenvalue weighted by atomic mass is 35.5. The smallest absolute Gasteiger partial charge is 0.124 e. The molecule has 3 rings (SSSR count). The maximum Gasteiger partial charge on any atom is 0.124 e. The van der Waals surface area contributed by atoms with Crippen molar-refractivity contribution in [2.45, 2.75) is 18.3 Å². The summed E-state index contributed by atoms with van der Waals surface area (Å²) in [6, 6.07) is 6.62. The zero-order chi connectivity index (χ0) is 12.1. The molecule has 2 fully saturated rings. The van der Waals surface area contributed by atoms with Crippen molar-refractivity contribution >= 4 is 11.6 Å². The molecule has 2 aliphatic rings. The summed E-state index contributed by atoms with van der Waals surface area (Å²) >= 11 is 6.04. The van der Waals surface area contributed by atoms with Crippen LogP contribution >= 0.6 is 11.6 Å². The molecule has 0 radical (unpaired) electrons. The number of benzene rings is 1. The van der Waals surface area contributed by atoms with E-state index in [0.717, 1.165) is 31.6 Å². The Hall–Kier alpha value is -1.11. The van der Waals surface area contributed by atoms with Crippen molar-refractivity contribution in [2.24, 2.45) is 5.41 Å². The summed E-state index contributed by atoms with van der Waals surface area (Å²) in [5.41, 5.74) is 0.378. The van der Waals surface area contributed by atoms with Crippen LogP contribution in [0.2, 0.25) is 5.02 Å². The van der Waals surface area contributed by atoms with E-state index in [4.69, 9.17) is 16.3 Å². The highest BCUT2D eigenvalue weighted by Crippen LogP contribution is 2.59. The van der Waals surface area contributed by atoms with Crippen molar-refractivity contribution in [1.82, 2.24) is 0 Å². The molecule has 0 unspecified atom stereocenters. The van der Waals surface area contributed by atoms with Crippen LogP contribution in [-0.2, 0) is 10.2 Å². The predicted molar refractivity (Wildman–Crippen MR) is 61.2 cm³/mol. The van der Waals surface area contributed by atoms with Gasteiger partial charge in [0.25, 0.3) is 0 Å². The van der Waals surface area contributed by atoms with Gasteiger partial charge in [-0.25, -0.2) is 4.39 Å². The van der Waals surface area contributed by atoms with Gasteiger partial charge in [-0.1, -0.05) is 17.7 Å². The minimum atomic E-state index is -0.547. The SMILES string of the molecule is N#CC1(c2ccc(F)cc2Cl)CC2(COC2)C1. The fraction of sp³-hybridized carbons (Fsp3) is 0.462. The molecule has 1 aliphatic carbocycles. The second-order valence-electron chi connectivity index (χ2n) is 5.16. The van der Waals surface area contributed by atoms with Gasteiger partial charge in [0.15, 0.2) is 0 Å². The van der Waals surface area contributed by atoms with Gasteiger partial charge < -0.3 is 4.74 Å². The average Bonchev–Trinajstić information content (AvgIpc) is 2.17. The number of hydrogen-bond acceptors (Lipinski definition) is 2. The molecule has 0 bridgehead atoms. The first-order valence-corrected chi connectivity index (χ1v) is 5.92. The van der Waals surface area contributed by atoms with Crippen molar-refractivity contribution in [1.29, 1.82) is 5.26 Å². The molecule has 0 N–H and O–H groups in total. The van der Waals surface area contributed by atoms with Crippen LogP contribution in [0.25, 0.3) is 0 Å². The summed E-state index contributed by atoms with van der Waals surface area (Å²) in [4.78, 5) is 0. The Bertz CT molecular complexity index is 511. The van der Waals surface area contributed by atoms with E-state index in [2.05, 4.69) is 6.07 Å². The van der Waals surface area contributed by atoms with E-state index in [9.17, 15) is 9.65 Å². The van der Waals surface area contributed by atoms with Crippen LogP contribution in [0.15, 0.2) is 18.2 Å². The molecule has 1 saturated carbocycles. The third kappa shape index (κ3) is 1.48. The van der Waals surface area contributed by atoms with Gasteiger partial charge in [-0.15, -0.1) is 0 Å². The van der Waals surface area contributed by atoms with E-state index in [1.165, 1.54) is 12.1 Å². The number of nitriles is 1. The van der Waals surface area contributed by atoms with Crippen molar-refractivity contribution in [3.63, 3.8) is 0 Å². The summed E-state index contributed by atoms with van der Waals surface area (Å²) in [5.74, 6) is -0.368. The molecule has 0 amide bonds. The second kappa shape index (κ2) is 3.44. The lowest BCUT2D eigenvalue weighted by atomic mass is 9.50. The Labute approximate surface area is 104 Å². The van der Waals surface area contributed by atoms with Crippen molar-refractivity contribution < 1.29 is 9.13 Å². The van der Waals surface area contributed by atoms with Crippen LogP contribution in [-0.4, -0.2) is 13.2 Å². The minimum Gasteiger partial charge on any atom is -0.380 e. The molecule has 1 heterocycles. The Kier molecular flexibility index (Phi) is 2.23.